The van der Waals surface area contributed by atoms with E-state index >= 15 is 0 Å². The first-order valence-corrected chi connectivity index (χ1v) is 7.80. The highest BCUT2D eigenvalue weighted by Crippen LogP contribution is 2.13. The maximum Gasteiger partial charge on any atom is 0.244 e. The van der Waals surface area contributed by atoms with Gasteiger partial charge in [0, 0.05) is 38.3 Å². The second-order valence-electron chi connectivity index (χ2n) is 6.17. The number of likely N-dealkylation sites (N-methyl/N-ethyl adjacent to an activating group) is 2. The minimum atomic E-state index is -0.543. The summed E-state index contributed by atoms with van der Waals surface area (Å²) in [4.78, 5) is 39.7. The van der Waals surface area contributed by atoms with Gasteiger partial charge >= 0.3 is 0 Å². The fourth-order valence-electron chi connectivity index (χ4n) is 2.66. The Labute approximate surface area is 141 Å². The Bertz CT molecular complexity index is 839. The van der Waals surface area contributed by atoms with Gasteiger partial charge in [-0.1, -0.05) is 12.1 Å². The Kier molecular flexibility index (Phi) is 5.07. The number of pyridine rings is 1. The zero-order valence-corrected chi connectivity index (χ0v) is 14.7. The van der Waals surface area contributed by atoms with Gasteiger partial charge < -0.3 is 14.4 Å². The Morgan fingerprint density at radius 1 is 1.17 bits per heavy atom. The second kappa shape index (κ2) is 6.86. The van der Waals surface area contributed by atoms with Crippen molar-refractivity contribution < 1.29 is 9.59 Å². The summed E-state index contributed by atoms with van der Waals surface area (Å²) in [5.41, 5.74) is 1.37. The monoisotopic (exact) mass is 329 g/mol. The Balaban J connectivity index is 2.35. The van der Waals surface area contributed by atoms with E-state index in [4.69, 9.17) is 0 Å². The number of hydrogen-bond acceptors (Lipinski definition) is 3. The fourth-order valence-corrected chi connectivity index (χ4v) is 2.66. The van der Waals surface area contributed by atoms with Crippen molar-refractivity contribution in [3.63, 3.8) is 0 Å². The van der Waals surface area contributed by atoms with Gasteiger partial charge in [-0.2, -0.15) is 0 Å². The molecular weight excluding hydrogens is 306 g/mol. The van der Waals surface area contributed by atoms with Crippen LogP contribution >= 0.6 is 0 Å². The van der Waals surface area contributed by atoms with Crippen molar-refractivity contribution in [1.29, 1.82) is 0 Å². The maximum absolute atomic E-state index is 12.6. The van der Waals surface area contributed by atoms with E-state index in [2.05, 4.69) is 0 Å². The molecule has 0 aliphatic heterocycles. The van der Waals surface area contributed by atoms with Gasteiger partial charge in [0.05, 0.1) is 5.52 Å². The van der Waals surface area contributed by atoms with Gasteiger partial charge in [0.25, 0.3) is 0 Å². The Morgan fingerprint density at radius 2 is 1.79 bits per heavy atom. The summed E-state index contributed by atoms with van der Waals surface area (Å²) in [5, 5.41) is 0.580. The summed E-state index contributed by atoms with van der Waals surface area (Å²) in [6.45, 7) is 3.58. The van der Waals surface area contributed by atoms with Crippen LogP contribution in [0, 0.1) is 6.92 Å². The molecule has 6 nitrogen and oxygen atoms in total. The SMILES string of the molecule is Cc1cc(=O)c2ccccc2n1CC(=O)N(C)[C@@H](C)C(=O)N(C)C. The number of fused-ring (bicyclic) bond motifs is 1. The van der Waals surface area contributed by atoms with Gasteiger partial charge in [-0.3, -0.25) is 14.4 Å². The van der Waals surface area contributed by atoms with E-state index in [1.54, 1.807) is 47.1 Å². The van der Waals surface area contributed by atoms with Crippen molar-refractivity contribution in [2.24, 2.45) is 0 Å². The number of hydrogen-bond donors (Lipinski definition) is 0. The molecule has 128 valence electrons. The highest BCUT2D eigenvalue weighted by Gasteiger charge is 2.24. The quantitative estimate of drug-likeness (QED) is 0.848. The number of aromatic nitrogens is 1. The highest BCUT2D eigenvalue weighted by molar-refractivity contribution is 5.88. The third-order valence-corrected chi connectivity index (χ3v) is 4.29. The number of nitrogens with zero attached hydrogens (tertiary/aromatic N) is 3. The first-order valence-electron chi connectivity index (χ1n) is 7.80. The lowest BCUT2D eigenvalue weighted by Gasteiger charge is -2.27. The van der Waals surface area contributed by atoms with Crippen molar-refractivity contribution in [3.05, 3.63) is 46.2 Å². The second-order valence-corrected chi connectivity index (χ2v) is 6.17. The number of rotatable bonds is 4. The Morgan fingerprint density at radius 3 is 2.42 bits per heavy atom. The average molecular weight is 329 g/mol. The first-order chi connectivity index (χ1) is 11.2. The predicted octanol–water partition coefficient (Wildman–Crippen LogP) is 1.25. The molecule has 0 bridgehead atoms. The van der Waals surface area contributed by atoms with E-state index in [-0.39, 0.29) is 23.8 Å². The van der Waals surface area contributed by atoms with Gasteiger partial charge in [-0.25, -0.2) is 0 Å². The summed E-state index contributed by atoms with van der Waals surface area (Å²) in [5.74, 6) is -0.318. The molecule has 0 saturated carbocycles. The average Bonchev–Trinajstić information content (AvgIpc) is 2.56. The van der Waals surface area contributed by atoms with Crippen LogP contribution in [0.5, 0.6) is 0 Å². The molecule has 1 aromatic heterocycles. The predicted molar refractivity (Wildman–Crippen MR) is 93.9 cm³/mol. The molecule has 1 atom stereocenters. The molecule has 24 heavy (non-hydrogen) atoms. The zero-order chi connectivity index (χ0) is 18.0. The van der Waals surface area contributed by atoms with Crippen LogP contribution in [0.15, 0.2) is 35.1 Å². The molecule has 2 aromatic rings. The van der Waals surface area contributed by atoms with Crippen LogP contribution in [-0.4, -0.2) is 53.4 Å². The zero-order valence-electron chi connectivity index (χ0n) is 14.7. The lowest BCUT2D eigenvalue weighted by atomic mass is 10.1. The summed E-state index contributed by atoms with van der Waals surface area (Å²) >= 11 is 0. The highest BCUT2D eigenvalue weighted by atomic mass is 16.2. The number of para-hydroxylation sites is 1. The van der Waals surface area contributed by atoms with Crippen molar-refractivity contribution in [2.45, 2.75) is 26.4 Å². The van der Waals surface area contributed by atoms with Gasteiger partial charge in [-0.05, 0) is 26.0 Å². The molecule has 6 heteroatoms. The number of benzene rings is 1. The molecule has 0 radical (unpaired) electrons. The fraction of sp³-hybridized carbons (Fsp3) is 0.389. The molecule has 0 aliphatic rings. The largest absolute Gasteiger partial charge is 0.347 e. The van der Waals surface area contributed by atoms with Gasteiger partial charge in [0.15, 0.2) is 5.43 Å². The van der Waals surface area contributed by atoms with Crippen molar-refractivity contribution >= 4 is 22.7 Å². The van der Waals surface area contributed by atoms with Crippen LogP contribution < -0.4 is 5.43 Å². The van der Waals surface area contributed by atoms with Crippen molar-refractivity contribution in [1.82, 2.24) is 14.4 Å². The first kappa shape index (κ1) is 17.7. The molecule has 0 aliphatic carbocycles. The number of carbonyl (C=O) groups is 2. The molecule has 0 N–H and O–H groups in total. The molecule has 2 rings (SSSR count). The van der Waals surface area contributed by atoms with E-state index in [9.17, 15) is 14.4 Å². The van der Waals surface area contributed by atoms with E-state index in [0.29, 0.717) is 11.1 Å². The van der Waals surface area contributed by atoms with Crippen molar-refractivity contribution in [2.75, 3.05) is 21.1 Å². The molecule has 2 amide bonds. The molecule has 0 saturated heterocycles. The molecule has 1 heterocycles. The number of carbonyl (C=O) groups excluding carboxylic acids is 2. The third-order valence-electron chi connectivity index (χ3n) is 4.29. The van der Waals surface area contributed by atoms with E-state index < -0.39 is 6.04 Å². The van der Waals surface area contributed by atoms with Crippen molar-refractivity contribution in [3.8, 4) is 0 Å². The minimum absolute atomic E-state index is 0.0590. The molecular formula is C18H23N3O3. The summed E-state index contributed by atoms with van der Waals surface area (Å²) < 4.78 is 1.81. The van der Waals surface area contributed by atoms with Crippen LogP contribution in [0.3, 0.4) is 0 Å². The normalized spacial score (nSPS) is 12.0. The summed E-state index contributed by atoms with van der Waals surface area (Å²) in [6, 6.07) is 8.20. The third kappa shape index (κ3) is 3.32. The topological polar surface area (TPSA) is 62.6 Å². The molecule has 0 fully saturated rings. The number of amides is 2. The summed E-state index contributed by atoms with van der Waals surface area (Å²) in [7, 11) is 4.95. The Hall–Kier alpha value is -2.63. The van der Waals surface area contributed by atoms with Gasteiger partial charge in [0.1, 0.15) is 12.6 Å². The lowest BCUT2D eigenvalue weighted by molar-refractivity contribution is -0.142. The van der Waals surface area contributed by atoms with E-state index in [0.717, 1.165) is 5.52 Å². The lowest BCUT2D eigenvalue weighted by Crippen LogP contribution is -2.46. The minimum Gasteiger partial charge on any atom is -0.347 e. The van der Waals surface area contributed by atoms with E-state index in [1.165, 1.54) is 15.9 Å². The van der Waals surface area contributed by atoms with Gasteiger partial charge in [0.2, 0.25) is 11.8 Å². The molecule has 1 aromatic carbocycles. The van der Waals surface area contributed by atoms with E-state index in [1.807, 2.05) is 16.7 Å². The van der Waals surface area contributed by atoms with Gasteiger partial charge in [-0.15, -0.1) is 0 Å². The molecule has 0 spiro atoms. The van der Waals surface area contributed by atoms with Crippen LogP contribution in [-0.2, 0) is 16.1 Å². The summed E-state index contributed by atoms with van der Waals surface area (Å²) in [6.07, 6.45) is 0. The smallest absolute Gasteiger partial charge is 0.244 e. The standard InChI is InChI=1S/C18H23N3O3/c1-12-10-16(22)14-8-6-7-9-15(14)21(12)11-17(23)20(5)13(2)18(24)19(3)4/h6-10,13H,11H2,1-5H3/t13-/m0/s1. The van der Waals surface area contributed by atoms with Crippen LogP contribution in [0.2, 0.25) is 0 Å². The molecule has 0 unspecified atom stereocenters. The van der Waals surface area contributed by atoms with Crippen LogP contribution in [0.25, 0.3) is 10.9 Å². The van der Waals surface area contributed by atoms with Crippen LogP contribution in [0.4, 0.5) is 0 Å². The maximum atomic E-state index is 12.6. The number of aryl methyl sites for hydroxylation is 1. The van der Waals surface area contributed by atoms with Crippen LogP contribution in [0.1, 0.15) is 12.6 Å².